The molecular formula is C21H16F4N4O. The van der Waals surface area contributed by atoms with E-state index >= 15 is 0 Å². The number of alkyl halides is 3. The van der Waals surface area contributed by atoms with Gasteiger partial charge in [0.25, 0.3) is 0 Å². The van der Waals surface area contributed by atoms with Crippen molar-refractivity contribution in [3.05, 3.63) is 65.4 Å². The van der Waals surface area contributed by atoms with Crippen LogP contribution in [-0.4, -0.2) is 26.9 Å². The van der Waals surface area contributed by atoms with Gasteiger partial charge in [-0.05, 0) is 55.2 Å². The van der Waals surface area contributed by atoms with Crippen molar-refractivity contribution in [2.75, 3.05) is 5.32 Å². The normalized spacial score (nSPS) is 20.3. The molecule has 4 heterocycles. The van der Waals surface area contributed by atoms with Crippen molar-refractivity contribution in [1.29, 1.82) is 0 Å². The second kappa shape index (κ2) is 6.65. The molecule has 1 fully saturated rings. The molecule has 1 N–H and O–H groups in total. The molecule has 30 heavy (non-hydrogen) atoms. The Morgan fingerprint density at radius 2 is 1.97 bits per heavy atom. The molecule has 0 spiro atoms. The number of amides is 2. The highest BCUT2D eigenvalue weighted by Crippen LogP contribution is 2.44. The van der Waals surface area contributed by atoms with Crippen LogP contribution >= 0.6 is 0 Å². The van der Waals surface area contributed by atoms with Crippen LogP contribution in [0.3, 0.4) is 0 Å². The predicted molar refractivity (Wildman–Crippen MR) is 101 cm³/mol. The first kappa shape index (κ1) is 18.8. The van der Waals surface area contributed by atoms with E-state index in [0.717, 1.165) is 24.5 Å². The fraction of sp³-hybridized carbons (Fsp3) is 0.286. The maximum absolute atomic E-state index is 14.1. The molecule has 2 amide bonds. The SMILES string of the molecule is O=C(Nc1ccc2nc(C(F)(F)F)ccc2c1)N1[C@@H]2CC[C@H]1c1ccnc(F)c1C2. The molecule has 0 saturated carbocycles. The summed E-state index contributed by atoms with van der Waals surface area (Å²) >= 11 is 0. The number of aromatic nitrogens is 2. The molecule has 154 valence electrons. The number of anilines is 1. The molecule has 9 heteroatoms. The Hall–Kier alpha value is -3.23. The number of hydrogen-bond acceptors (Lipinski definition) is 3. The molecule has 2 atom stereocenters. The summed E-state index contributed by atoms with van der Waals surface area (Å²) in [6, 6.07) is 7.91. The van der Waals surface area contributed by atoms with Crippen LogP contribution in [0.1, 0.15) is 35.7 Å². The third-order valence-electron chi connectivity index (χ3n) is 5.81. The minimum Gasteiger partial charge on any atom is -0.314 e. The lowest BCUT2D eigenvalue weighted by Gasteiger charge is -2.36. The number of benzene rings is 1. The van der Waals surface area contributed by atoms with Gasteiger partial charge in [0.05, 0.1) is 11.6 Å². The minimum atomic E-state index is -4.51. The van der Waals surface area contributed by atoms with Gasteiger partial charge in [-0.3, -0.25) is 0 Å². The van der Waals surface area contributed by atoms with Crippen LogP contribution in [0.4, 0.5) is 28.0 Å². The van der Waals surface area contributed by atoms with E-state index in [1.165, 1.54) is 24.4 Å². The van der Waals surface area contributed by atoms with Gasteiger partial charge >= 0.3 is 12.2 Å². The molecule has 5 rings (SSSR count). The van der Waals surface area contributed by atoms with Crippen LogP contribution in [0, 0.1) is 5.95 Å². The van der Waals surface area contributed by atoms with Gasteiger partial charge in [-0.1, -0.05) is 6.07 Å². The molecule has 2 aliphatic rings. The first-order valence-corrected chi connectivity index (χ1v) is 9.52. The molecule has 2 aromatic heterocycles. The molecular weight excluding hydrogens is 400 g/mol. The molecule has 1 aromatic carbocycles. The number of carbonyl (C=O) groups excluding carboxylic acids is 1. The van der Waals surface area contributed by atoms with E-state index in [2.05, 4.69) is 15.3 Å². The molecule has 2 aliphatic heterocycles. The minimum absolute atomic E-state index is 0.113. The standard InChI is InChI=1S/C21H16F4N4O/c22-19-15-10-13-3-5-17(14(15)7-8-26-19)29(13)20(30)27-12-2-4-16-11(9-12)1-6-18(28-16)21(23,24)25/h1-2,4,6-9,13,17H,3,5,10H2,(H,27,30)/t13-,17+/m1/s1. The van der Waals surface area contributed by atoms with E-state index in [1.807, 2.05) is 0 Å². The van der Waals surface area contributed by atoms with Gasteiger partial charge in [-0.2, -0.15) is 17.6 Å². The Kier molecular flexibility index (Phi) is 4.16. The van der Waals surface area contributed by atoms with Crippen molar-refractivity contribution in [2.45, 2.75) is 37.5 Å². The number of fused-ring (bicyclic) bond motifs is 5. The fourth-order valence-electron chi connectivity index (χ4n) is 4.48. The van der Waals surface area contributed by atoms with E-state index in [-0.39, 0.29) is 23.6 Å². The zero-order chi connectivity index (χ0) is 21.0. The lowest BCUT2D eigenvalue weighted by Crippen LogP contribution is -2.44. The highest BCUT2D eigenvalue weighted by atomic mass is 19.4. The topological polar surface area (TPSA) is 58.1 Å². The Morgan fingerprint density at radius 3 is 2.77 bits per heavy atom. The Morgan fingerprint density at radius 1 is 1.13 bits per heavy atom. The van der Waals surface area contributed by atoms with Crippen LogP contribution in [-0.2, 0) is 12.6 Å². The first-order valence-electron chi connectivity index (χ1n) is 9.52. The number of nitrogens with one attached hydrogen (secondary N) is 1. The molecule has 1 saturated heterocycles. The van der Waals surface area contributed by atoms with E-state index in [0.29, 0.717) is 23.1 Å². The van der Waals surface area contributed by atoms with Crippen LogP contribution in [0.15, 0.2) is 42.6 Å². The number of urea groups is 1. The lowest BCUT2D eigenvalue weighted by molar-refractivity contribution is -0.140. The summed E-state index contributed by atoms with van der Waals surface area (Å²) in [5, 5.41) is 3.31. The summed E-state index contributed by atoms with van der Waals surface area (Å²) in [6.45, 7) is 0. The van der Waals surface area contributed by atoms with Crippen LogP contribution in [0.2, 0.25) is 0 Å². The van der Waals surface area contributed by atoms with Crippen molar-refractivity contribution in [3.63, 3.8) is 0 Å². The molecule has 0 radical (unpaired) electrons. The number of pyridine rings is 2. The van der Waals surface area contributed by atoms with Gasteiger partial charge in [0.2, 0.25) is 5.95 Å². The molecule has 0 aliphatic carbocycles. The smallest absolute Gasteiger partial charge is 0.314 e. The molecule has 2 bridgehead atoms. The summed E-state index contributed by atoms with van der Waals surface area (Å²) in [7, 11) is 0. The van der Waals surface area contributed by atoms with E-state index < -0.39 is 17.8 Å². The van der Waals surface area contributed by atoms with Gasteiger partial charge < -0.3 is 10.2 Å². The number of rotatable bonds is 1. The maximum Gasteiger partial charge on any atom is 0.433 e. The molecule has 0 unspecified atom stereocenters. The summed E-state index contributed by atoms with van der Waals surface area (Å²) in [4.78, 5) is 22.1. The van der Waals surface area contributed by atoms with Crippen molar-refractivity contribution >= 4 is 22.6 Å². The summed E-state index contributed by atoms with van der Waals surface area (Å²) < 4.78 is 52.6. The molecule has 5 nitrogen and oxygen atoms in total. The van der Waals surface area contributed by atoms with Crippen LogP contribution in [0.5, 0.6) is 0 Å². The van der Waals surface area contributed by atoms with E-state index in [9.17, 15) is 22.4 Å². The Bertz CT molecular complexity index is 1160. The average Bonchev–Trinajstić information content (AvgIpc) is 3.03. The fourth-order valence-corrected chi connectivity index (χ4v) is 4.48. The van der Waals surface area contributed by atoms with Gasteiger partial charge in [0, 0.05) is 28.9 Å². The number of carbonyl (C=O) groups is 1. The number of halogens is 4. The highest BCUT2D eigenvalue weighted by Gasteiger charge is 2.43. The van der Waals surface area contributed by atoms with Gasteiger partial charge in [0.1, 0.15) is 5.69 Å². The van der Waals surface area contributed by atoms with Crippen LogP contribution < -0.4 is 5.32 Å². The van der Waals surface area contributed by atoms with E-state index in [4.69, 9.17) is 0 Å². The second-order valence-corrected chi connectivity index (χ2v) is 7.56. The van der Waals surface area contributed by atoms with Crippen molar-refractivity contribution in [2.24, 2.45) is 0 Å². The summed E-state index contributed by atoms with van der Waals surface area (Å²) in [5.74, 6) is -0.482. The Balaban J connectivity index is 1.40. The quantitative estimate of drug-likeness (QED) is 0.445. The average molecular weight is 416 g/mol. The second-order valence-electron chi connectivity index (χ2n) is 7.56. The van der Waals surface area contributed by atoms with E-state index in [1.54, 1.807) is 17.0 Å². The number of hydrogen-bond donors (Lipinski definition) is 1. The lowest BCUT2D eigenvalue weighted by atomic mass is 9.95. The van der Waals surface area contributed by atoms with Gasteiger partial charge in [-0.25, -0.2) is 14.8 Å². The van der Waals surface area contributed by atoms with Gasteiger partial charge in [0.15, 0.2) is 0 Å². The van der Waals surface area contributed by atoms with Crippen LogP contribution in [0.25, 0.3) is 10.9 Å². The monoisotopic (exact) mass is 416 g/mol. The highest BCUT2D eigenvalue weighted by molar-refractivity contribution is 5.93. The largest absolute Gasteiger partial charge is 0.433 e. The third kappa shape index (κ3) is 3.05. The van der Waals surface area contributed by atoms with Crippen molar-refractivity contribution < 1.29 is 22.4 Å². The van der Waals surface area contributed by atoms with Crippen molar-refractivity contribution in [1.82, 2.24) is 14.9 Å². The van der Waals surface area contributed by atoms with Crippen molar-refractivity contribution in [3.8, 4) is 0 Å². The maximum atomic E-state index is 14.1. The summed E-state index contributed by atoms with van der Waals surface area (Å²) in [5.41, 5.74) is 1.05. The molecule has 3 aromatic rings. The summed E-state index contributed by atoms with van der Waals surface area (Å²) in [6.07, 6.45) is -1.17. The third-order valence-corrected chi connectivity index (χ3v) is 5.81. The predicted octanol–water partition coefficient (Wildman–Crippen LogP) is 5.08. The number of nitrogens with zero attached hydrogens (tertiary/aromatic N) is 3. The first-order chi connectivity index (χ1) is 14.3. The van der Waals surface area contributed by atoms with Gasteiger partial charge in [-0.15, -0.1) is 0 Å². The zero-order valence-electron chi connectivity index (χ0n) is 15.6. The zero-order valence-corrected chi connectivity index (χ0v) is 15.6. The Labute approximate surface area is 168 Å².